The number of fused-ring (bicyclic) bond motifs is 2. The van der Waals surface area contributed by atoms with Crippen LogP contribution >= 0.6 is 0 Å². The summed E-state index contributed by atoms with van der Waals surface area (Å²) in [6.45, 7) is 9.98. The van der Waals surface area contributed by atoms with Crippen LogP contribution in [-0.4, -0.2) is 25.5 Å². The third-order valence-corrected chi connectivity index (χ3v) is 5.10. The molecule has 20 heavy (non-hydrogen) atoms. The second-order valence-electron chi connectivity index (χ2n) is 5.98. The number of methoxy groups -OCH3 is 1. The molecule has 0 aromatic heterocycles. The summed E-state index contributed by atoms with van der Waals surface area (Å²) in [5.74, 6) is -0.495. The van der Waals surface area contributed by atoms with Crippen LogP contribution < -0.4 is 0 Å². The third kappa shape index (κ3) is 1.60. The molecular weight excluding hydrogens is 256 g/mol. The monoisotopic (exact) mass is 278 g/mol. The van der Waals surface area contributed by atoms with Gasteiger partial charge in [-0.2, -0.15) is 0 Å². The molecule has 2 unspecified atom stereocenters. The van der Waals surface area contributed by atoms with E-state index in [9.17, 15) is 9.59 Å². The van der Waals surface area contributed by atoms with Crippen molar-refractivity contribution in [1.82, 2.24) is 0 Å². The van der Waals surface area contributed by atoms with Crippen molar-refractivity contribution in [2.75, 3.05) is 13.7 Å². The summed E-state index contributed by atoms with van der Waals surface area (Å²) < 4.78 is 10.2. The Labute approximate surface area is 119 Å². The molecule has 2 rings (SSSR count). The minimum Gasteiger partial charge on any atom is -0.490 e. The Bertz CT molecular complexity index is 501. The molecule has 2 aliphatic rings. The molecule has 2 aliphatic carbocycles. The lowest BCUT2D eigenvalue weighted by Crippen LogP contribution is -2.33. The normalized spacial score (nSPS) is 33.0. The highest BCUT2D eigenvalue weighted by Gasteiger charge is 2.66. The van der Waals surface area contributed by atoms with Crippen molar-refractivity contribution < 1.29 is 19.1 Å². The highest BCUT2D eigenvalue weighted by atomic mass is 16.6. The molecule has 0 radical (unpaired) electrons. The molecule has 110 valence electrons. The summed E-state index contributed by atoms with van der Waals surface area (Å²) in [5.41, 5.74) is -0.331. The first-order chi connectivity index (χ1) is 9.37. The minimum absolute atomic E-state index is 0.0207. The van der Waals surface area contributed by atoms with Crippen molar-refractivity contribution in [3.05, 3.63) is 24.0 Å². The van der Waals surface area contributed by atoms with Crippen molar-refractivity contribution in [2.24, 2.45) is 16.7 Å². The van der Waals surface area contributed by atoms with Crippen LogP contribution in [0.4, 0.5) is 0 Å². The second kappa shape index (κ2) is 4.76. The average Bonchev–Trinajstić information content (AvgIpc) is 2.74. The molecule has 4 nitrogen and oxygen atoms in total. The van der Waals surface area contributed by atoms with Crippen molar-refractivity contribution in [1.29, 1.82) is 0 Å². The van der Waals surface area contributed by atoms with Crippen molar-refractivity contribution in [3.63, 3.8) is 0 Å². The number of hydrogen-bond acceptors (Lipinski definition) is 4. The summed E-state index contributed by atoms with van der Waals surface area (Å²) in [6.07, 6.45) is 3.41. The standard InChI is InChI=1S/C16H22O4/c1-6-16-9-8-10(15(16,3)4)11(13(16)17)12(19-5)14(18)20-7-2/h6,10H,1,7-9H2,2-5H3/b12-11-. The largest absolute Gasteiger partial charge is 0.490 e. The summed E-state index contributed by atoms with van der Waals surface area (Å²) in [4.78, 5) is 24.8. The predicted molar refractivity (Wildman–Crippen MR) is 74.8 cm³/mol. The van der Waals surface area contributed by atoms with E-state index in [1.54, 1.807) is 13.0 Å². The lowest BCUT2D eigenvalue weighted by atomic mass is 9.69. The summed E-state index contributed by atoms with van der Waals surface area (Å²) in [7, 11) is 1.41. The van der Waals surface area contributed by atoms with Gasteiger partial charge in [-0.15, -0.1) is 6.58 Å². The maximum atomic E-state index is 12.8. The average molecular weight is 278 g/mol. The van der Waals surface area contributed by atoms with Crippen molar-refractivity contribution >= 4 is 11.8 Å². The van der Waals surface area contributed by atoms with E-state index in [1.807, 2.05) is 0 Å². The van der Waals surface area contributed by atoms with E-state index < -0.39 is 11.4 Å². The molecule has 2 fully saturated rings. The van der Waals surface area contributed by atoms with Crippen LogP contribution in [0.2, 0.25) is 0 Å². The number of ether oxygens (including phenoxy) is 2. The van der Waals surface area contributed by atoms with E-state index in [4.69, 9.17) is 9.47 Å². The molecule has 0 aliphatic heterocycles. The van der Waals surface area contributed by atoms with Crippen LogP contribution in [0.15, 0.2) is 24.0 Å². The fourth-order valence-corrected chi connectivity index (χ4v) is 3.89. The van der Waals surface area contributed by atoms with E-state index in [1.165, 1.54) is 7.11 Å². The topological polar surface area (TPSA) is 52.6 Å². The molecule has 0 aromatic rings. The summed E-state index contributed by atoms with van der Waals surface area (Å²) >= 11 is 0. The maximum absolute atomic E-state index is 12.8. The second-order valence-corrected chi connectivity index (χ2v) is 5.98. The fourth-order valence-electron chi connectivity index (χ4n) is 3.89. The number of Topliss-reactive ketones (excluding diaryl/α,β-unsaturated/α-hetero) is 1. The zero-order valence-electron chi connectivity index (χ0n) is 12.6. The molecule has 2 bridgehead atoms. The molecule has 2 atom stereocenters. The van der Waals surface area contributed by atoms with Crippen LogP contribution in [0.5, 0.6) is 0 Å². The lowest BCUT2D eigenvalue weighted by molar-refractivity contribution is -0.142. The van der Waals surface area contributed by atoms with Crippen LogP contribution in [0.1, 0.15) is 33.6 Å². The number of rotatable bonds is 4. The smallest absolute Gasteiger partial charge is 0.374 e. The third-order valence-electron chi connectivity index (χ3n) is 5.10. The lowest BCUT2D eigenvalue weighted by Gasteiger charge is -2.32. The van der Waals surface area contributed by atoms with Gasteiger partial charge in [0.2, 0.25) is 5.76 Å². The van der Waals surface area contributed by atoms with Gasteiger partial charge in [0.15, 0.2) is 5.78 Å². The molecule has 4 heteroatoms. The van der Waals surface area contributed by atoms with Gasteiger partial charge in [0.1, 0.15) is 0 Å². The molecule has 0 heterocycles. The fraction of sp³-hybridized carbons (Fsp3) is 0.625. The summed E-state index contributed by atoms with van der Waals surface area (Å²) in [6, 6.07) is 0. The number of allylic oxidation sites excluding steroid dienone is 2. The zero-order chi connectivity index (χ0) is 15.1. The molecule has 0 N–H and O–H groups in total. The quantitative estimate of drug-likeness (QED) is 0.343. The Morgan fingerprint density at radius 3 is 2.60 bits per heavy atom. The van der Waals surface area contributed by atoms with Gasteiger partial charge in [-0.1, -0.05) is 19.9 Å². The Morgan fingerprint density at radius 2 is 2.15 bits per heavy atom. The highest BCUT2D eigenvalue weighted by molar-refractivity contribution is 6.10. The molecule has 0 spiro atoms. The summed E-state index contributed by atoms with van der Waals surface area (Å²) in [5, 5.41) is 0. The predicted octanol–water partition coefficient (Wildman–Crippen LogP) is 2.64. The molecule has 2 saturated carbocycles. The molecule has 0 amide bonds. The molecular formula is C16H22O4. The van der Waals surface area contributed by atoms with Crippen molar-refractivity contribution in [2.45, 2.75) is 33.6 Å². The first-order valence-corrected chi connectivity index (χ1v) is 7.01. The first kappa shape index (κ1) is 14.8. The number of esters is 1. The van der Waals surface area contributed by atoms with E-state index in [0.29, 0.717) is 5.57 Å². The maximum Gasteiger partial charge on any atom is 0.374 e. The van der Waals surface area contributed by atoms with E-state index in [0.717, 1.165) is 12.8 Å². The number of carbonyl (C=O) groups is 2. The van der Waals surface area contributed by atoms with Gasteiger partial charge in [0.25, 0.3) is 0 Å². The van der Waals surface area contributed by atoms with Gasteiger partial charge in [-0.25, -0.2) is 4.79 Å². The van der Waals surface area contributed by atoms with Crippen LogP contribution in [0, 0.1) is 16.7 Å². The highest BCUT2D eigenvalue weighted by Crippen LogP contribution is 2.66. The van der Waals surface area contributed by atoms with Crippen LogP contribution in [0.3, 0.4) is 0 Å². The Morgan fingerprint density at radius 1 is 1.50 bits per heavy atom. The van der Waals surface area contributed by atoms with E-state index in [2.05, 4.69) is 20.4 Å². The number of carbonyl (C=O) groups excluding carboxylic acids is 2. The first-order valence-electron chi connectivity index (χ1n) is 7.01. The van der Waals surface area contributed by atoms with E-state index in [-0.39, 0.29) is 29.5 Å². The SMILES string of the molecule is C=CC12CCC(/C(=C(/OC)C(=O)OCC)C1=O)C2(C)C. The Kier molecular flexibility index (Phi) is 3.53. The van der Waals surface area contributed by atoms with Crippen LogP contribution in [-0.2, 0) is 19.1 Å². The van der Waals surface area contributed by atoms with Gasteiger partial charge in [-0.3, -0.25) is 4.79 Å². The van der Waals surface area contributed by atoms with Gasteiger partial charge in [0.05, 0.1) is 19.1 Å². The number of hydrogen-bond donors (Lipinski definition) is 0. The van der Waals surface area contributed by atoms with Gasteiger partial charge in [0, 0.05) is 5.57 Å². The Balaban J connectivity index is 2.57. The van der Waals surface area contributed by atoms with Gasteiger partial charge in [-0.05, 0) is 31.1 Å². The molecule has 0 aromatic carbocycles. The minimum atomic E-state index is -0.580. The number of ketones is 1. The van der Waals surface area contributed by atoms with Crippen LogP contribution in [0.25, 0.3) is 0 Å². The van der Waals surface area contributed by atoms with E-state index >= 15 is 0 Å². The van der Waals surface area contributed by atoms with Crippen molar-refractivity contribution in [3.8, 4) is 0 Å². The molecule has 0 saturated heterocycles. The van der Waals surface area contributed by atoms with Gasteiger partial charge < -0.3 is 9.47 Å². The Hall–Kier alpha value is -1.58. The van der Waals surface area contributed by atoms with Gasteiger partial charge >= 0.3 is 5.97 Å². The zero-order valence-corrected chi connectivity index (χ0v) is 12.6.